The lowest BCUT2D eigenvalue weighted by Gasteiger charge is -2.16. The SMILES string of the molecule is Cc1cc(-c2nncn2C)ccc1Nc1cc2nc(-c3cnn(CC(C)(C)O)c3)ccc2cn1. The first kappa shape index (κ1) is 21.7. The van der Waals surface area contributed by atoms with Crippen LogP contribution in [-0.4, -0.2) is 45.2 Å². The molecule has 172 valence electrons. The van der Waals surface area contributed by atoms with Crippen LogP contribution in [0.15, 0.2) is 61.3 Å². The molecule has 0 bridgehead atoms. The molecule has 34 heavy (non-hydrogen) atoms. The predicted molar refractivity (Wildman–Crippen MR) is 132 cm³/mol. The van der Waals surface area contributed by atoms with Gasteiger partial charge in [0.15, 0.2) is 5.82 Å². The van der Waals surface area contributed by atoms with Gasteiger partial charge in [0.1, 0.15) is 12.1 Å². The normalized spacial score (nSPS) is 11.8. The third-order valence-electron chi connectivity index (χ3n) is 5.51. The van der Waals surface area contributed by atoms with Crippen molar-refractivity contribution < 1.29 is 5.11 Å². The third-order valence-corrected chi connectivity index (χ3v) is 5.51. The van der Waals surface area contributed by atoms with Crippen molar-refractivity contribution in [1.82, 2.24) is 34.5 Å². The van der Waals surface area contributed by atoms with E-state index in [1.807, 2.05) is 61.3 Å². The maximum atomic E-state index is 10.0. The van der Waals surface area contributed by atoms with Crippen molar-refractivity contribution >= 4 is 22.4 Å². The van der Waals surface area contributed by atoms with Gasteiger partial charge < -0.3 is 15.0 Å². The maximum Gasteiger partial charge on any atom is 0.163 e. The second kappa shape index (κ2) is 8.35. The van der Waals surface area contributed by atoms with E-state index in [9.17, 15) is 5.11 Å². The molecule has 0 saturated carbocycles. The fourth-order valence-corrected chi connectivity index (χ4v) is 3.85. The number of hydrogen-bond donors (Lipinski definition) is 2. The third kappa shape index (κ3) is 4.51. The number of pyridine rings is 2. The monoisotopic (exact) mass is 454 g/mol. The van der Waals surface area contributed by atoms with Crippen molar-refractivity contribution in [3.63, 3.8) is 0 Å². The number of aryl methyl sites for hydroxylation is 2. The summed E-state index contributed by atoms with van der Waals surface area (Å²) in [7, 11) is 1.93. The van der Waals surface area contributed by atoms with Crippen LogP contribution in [0.3, 0.4) is 0 Å². The molecule has 1 aromatic carbocycles. The highest BCUT2D eigenvalue weighted by molar-refractivity contribution is 5.83. The fraction of sp³-hybridized carbons (Fsp3) is 0.240. The molecule has 5 rings (SSSR count). The maximum absolute atomic E-state index is 10.0. The largest absolute Gasteiger partial charge is 0.389 e. The molecular weight excluding hydrogens is 428 g/mol. The van der Waals surface area contributed by atoms with Crippen molar-refractivity contribution in [3.8, 4) is 22.6 Å². The Hall–Kier alpha value is -4.11. The lowest BCUT2D eigenvalue weighted by Crippen LogP contribution is -2.26. The zero-order valence-corrected chi connectivity index (χ0v) is 19.6. The highest BCUT2D eigenvalue weighted by atomic mass is 16.3. The molecule has 4 heterocycles. The molecule has 9 nitrogen and oxygen atoms in total. The van der Waals surface area contributed by atoms with E-state index in [-0.39, 0.29) is 0 Å². The van der Waals surface area contributed by atoms with E-state index in [0.717, 1.165) is 44.8 Å². The summed E-state index contributed by atoms with van der Waals surface area (Å²) in [4.78, 5) is 9.38. The van der Waals surface area contributed by atoms with Crippen LogP contribution in [-0.2, 0) is 13.6 Å². The molecule has 0 aliphatic carbocycles. The quantitative estimate of drug-likeness (QED) is 0.398. The van der Waals surface area contributed by atoms with Crippen LogP contribution in [0.5, 0.6) is 0 Å². The van der Waals surface area contributed by atoms with Crippen LogP contribution < -0.4 is 5.32 Å². The summed E-state index contributed by atoms with van der Waals surface area (Å²) in [6.45, 7) is 5.97. The second-order valence-corrected chi connectivity index (χ2v) is 9.12. The van der Waals surface area contributed by atoms with E-state index in [4.69, 9.17) is 4.98 Å². The Bertz CT molecular complexity index is 1480. The van der Waals surface area contributed by atoms with E-state index < -0.39 is 5.60 Å². The topological polar surface area (TPSA) is 107 Å². The molecule has 0 saturated heterocycles. The number of aromatic nitrogens is 7. The summed E-state index contributed by atoms with van der Waals surface area (Å²) in [5.41, 5.74) is 4.75. The van der Waals surface area contributed by atoms with Gasteiger partial charge in [-0.05, 0) is 56.7 Å². The molecule has 0 fully saturated rings. The Morgan fingerprint density at radius 1 is 1.06 bits per heavy atom. The second-order valence-electron chi connectivity index (χ2n) is 9.12. The number of nitrogens with one attached hydrogen (secondary N) is 1. The van der Waals surface area contributed by atoms with Gasteiger partial charge in [-0.1, -0.05) is 0 Å². The summed E-state index contributed by atoms with van der Waals surface area (Å²) >= 11 is 0. The van der Waals surface area contributed by atoms with Gasteiger partial charge in [-0.15, -0.1) is 10.2 Å². The highest BCUT2D eigenvalue weighted by Gasteiger charge is 2.15. The number of aliphatic hydroxyl groups is 1. The lowest BCUT2D eigenvalue weighted by atomic mass is 10.1. The molecule has 0 spiro atoms. The number of rotatable bonds is 6. The minimum atomic E-state index is -0.836. The standard InChI is InChI=1S/C25H26N8O/c1-16-9-17(24-31-27-15-32(24)4)5-7-20(16)30-23-10-22-18(11-26-23)6-8-21(29-22)19-12-28-33(13-19)14-25(2,3)34/h5-13,15,34H,14H2,1-4H3,(H,26,30). The molecule has 2 N–H and O–H groups in total. The molecule has 0 radical (unpaired) electrons. The van der Waals surface area contributed by atoms with Gasteiger partial charge in [0, 0.05) is 47.7 Å². The highest BCUT2D eigenvalue weighted by Crippen LogP contribution is 2.27. The van der Waals surface area contributed by atoms with Crippen molar-refractivity contribution in [1.29, 1.82) is 0 Å². The van der Waals surface area contributed by atoms with E-state index in [2.05, 4.69) is 31.7 Å². The van der Waals surface area contributed by atoms with Gasteiger partial charge in [-0.2, -0.15) is 5.10 Å². The van der Waals surface area contributed by atoms with Crippen LogP contribution >= 0.6 is 0 Å². The average molecular weight is 455 g/mol. The van der Waals surface area contributed by atoms with Crippen molar-refractivity contribution in [2.24, 2.45) is 7.05 Å². The summed E-state index contributed by atoms with van der Waals surface area (Å²) < 4.78 is 3.62. The molecular formula is C25H26N8O. The molecule has 5 aromatic rings. The van der Waals surface area contributed by atoms with E-state index in [0.29, 0.717) is 12.4 Å². The summed E-state index contributed by atoms with van der Waals surface area (Å²) in [5, 5.41) is 26.9. The first-order valence-electron chi connectivity index (χ1n) is 11.0. The summed E-state index contributed by atoms with van der Waals surface area (Å²) in [6, 6.07) is 12.0. The summed E-state index contributed by atoms with van der Waals surface area (Å²) in [5.74, 6) is 1.53. The number of benzene rings is 1. The minimum absolute atomic E-state index is 0.410. The molecule has 0 unspecified atom stereocenters. The number of fused-ring (bicyclic) bond motifs is 1. The smallest absolute Gasteiger partial charge is 0.163 e. The van der Waals surface area contributed by atoms with Gasteiger partial charge in [0.2, 0.25) is 0 Å². The van der Waals surface area contributed by atoms with Gasteiger partial charge >= 0.3 is 0 Å². The Morgan fingerprint density at radius 2 is 1.91 bits per heavy atom. The molecule has 0 amide bonds. The molecule has 0 atom stereocenters. The van der Waals surface area contributed by atoms with E-state index in [1.54, 1.807) is 31.1 Å². The van der Waals surface area contributed by atoms with E-state index >= 15 is 0 Å². The van der Waals surface area contributed by atoms with Crippen LogP contribution in [0.2, 0.25) is 0 Å². The number of hydrogen-bond acceptors (Lipinski definition) is 7. The van der Waals surface area contributed by atoms with Gasteiger partial charge in [0.25, 0.3) is 0 Å². The van der Waals surface area contributed by atoms with Crippen molar-refractivity contribution in [2.45, 2.75) is 32.9 Å². The van der Waals surface area contributed by atoms with Crippen molar-refractivity contribution in [2.75, 3.05) is 5.32 Å². The minimum Gasteiger partial charge on any atom is -0.389 e. The van der Waals surface area contributed by atoms with Crippen molar-refractivity contribution in [3.05, 3.63) is 66.9 Å². The first-order chi connectivity index (χ1) is 16.2. The lowest BCUT2D eigenvalue weighted by molar-refractivity contribution is 0.0577. The molecule has 0 aliphatic heterocycles. The van der Waals surface area contributed by atoms with Crippen LogP contribution in [0, 0.1) is 6.92 Å². The van der Waals surface area contributed by atoms with E-state index in [1.165, 1.54) is 0 Å². The number of anilines is 2. The molecule has 0 aliphatic rings. The molecule has 9 heteroatoms. The summed E-state index contributed by atoms with van der Waals surface area (Å²) in [6.07, 6.45) is 7.17. The number of nitrogens with zero attached hydrogens (tertiary/aromatic N) is 7. The predicted octanol–water partition coefficient (Wildman–Crippen LogP) is 4.11. The van der Waals surface area contributed by atoms with Gasteiger partial charge in [-0.3, -0.25) is 4.68 Å². The van der Waals surface area contributed by atoms with Gasteiger partial charge in [0.05, 0.1) is 29.6 Å². The average Bonchev–Trinajstić information content (AvgIpc) is 3.42. The first-order valence-corrected chi connectivity index (χ1v) is 11.0. The van der Waals surface area contributed by atoms with Crippen LogP contribution in [0.1, 0.15) is 19.4 Å². The van der Waals surface area contributed by atoms with Crippen LogP contribution in [0.25, 0.3) is 33.5 Å². The van der Waals surface area contributed by atoms with Gasteiger partial charge in [-0.25, -0.2) is 9.97 Å². The Labute approximate surface area is 197 Å². The Kier molecular flexibility index (Phi) is 5.33. The fourth-order valence-electron chi connectivity index (χ4n) is 3.85. The Morgan fingerprint density at radius 3 is 2.65 bits per heavy atom. The van der Waals surface area contributed by atoms with Crippen LogP contribution in [0.4, 0.5) is 11.5 Å². The molecule has 4 aromatic heterocycles. The zero-order chi connectivity index (χ0) is 23.9. The Balaban J connectivity index is 1.40. The zero-order valence-electron chi connectivity index (χ0n) is 19.6.